The maximum Gasteiger partial charge on any atom is 0.328 e. The summed E-state index contributed by atoms with van der Waals surface area (Å²) in [6.45, 7) is 7.45. The molecule has 0 radical (unpaired) electrons. The predicted octanol–water partition coefficient (Wildman–Crippen LogP) is 3.08. The van der Waals surface area contributed by atoms with E-state index in [1.807, 2.05) is 0 Å². The average Bonchev–Trinajstić information content (AvgIpc) is 2.84. The van der Waals surface area contributed by atoms with Crippen LogP contribution in [0.25, 0.3) is 0 Å². The Morgan fingerprint density at radius 2 is 0.889 bits per heavy atom. The molecule has 10 nitrogen and oxygen atoms in total. The lowest BCUT2D eigenvalue weighted by Gasteiger charge is -2.28. The van der Waals surface area contributed by atoms with Crippen LogP contribution < -0.4 is 0 Å². The Kier molecular flexibility index (Phi) is 15.2. The van der Waals surface area contributed by atoms with Crippen LogP contribution in [0, 0.1) is 0 Å². The molecule has 2 aliphatic rings. The summed E-state index contributed by atoms with van der Waals surface area (Å²) >= 11 is 0. The Bertz CT molecular complexity index is 800. The van der Waals surface area contributed by atoms with Gasteiger partial charge in [-0.05, 0) is 63.0 Å². The molecule has 2 aliphatic heterocycles. The molecule has 2 saturated heterocycles. The van der Waals surface area contributed by atoms with Crippen LogP contribution in [0.4, 0.5) is 0 Å². The highest BCUT2D eigenvalue weighted by Crippen LogP contribution is 2.16. The minimum absolute atomic E-state index is 0.558. The second kappa shape index (κ2) is 17.9. The van der Waals surface area contributed by atoms with Crippen LogP contribution in [0.1, 0.15) is 49.7 Å². The number of aliphatic carboxylic acids is 4. The minimum atomic E-state index is -1.26. The molecule has 0 bridgehead atoms. The molecule has 10 heteroatoms. The largest absolute Gasteiger partial charge is 0.478 e. The summed E-state index contributed by atoms with van der Waals surface area (Å²) in [5.41, 5.74) is 3.00. The fraction of sp³-hybridized carbons (Fsp3) is 0.462. The van der Waals surface area contributed by atoms with Gasteiger partial charge in [-0.3, -0.25) is 9.80 Å². The second-order valence-electron chi connectivity index (χ2n) is 8.51. The van der Waals surface area contributed by atoms with Crippen LogP contribution >= 0.6 is 0 Å². The molecule has 0 aliphatic carbocycles. The van der Waals surface area contributed by atoms with Crippen molar-refractivity contribution in [3.8, 4) is 0 Å². The van der Waals surface area contributed by atoms with Gasteiger partial charge in [0.1, 0.15) is 0 Å². The van der Waals surface area contributed by atoms with E-state index in [1.54, 1.807) is 0 Å². The molecule has 1 aromatic rings. The van der Waals surface area contributed by atoms with E-state index in [2.05, 4.69) is 34.1 Å². The second-order valence-corrected chi connectivity index (χ2v) is 8.51. The first-order valence-electron chi connectivity index (χ1n) is 12.0. The number of carboxylic acids is 4. The average molecular weight is 505 g/mol. The minimum Gasteiger partial charge on any atom is -0.478 e. The number of nitrogens with zero attached hydrogens (tertiary/aromatic N) is 2. The van der Waals surface area contributed by atoms with Crippen LogP contribution in [0.3, 0.4) is 0 Å². The highest BCUT2D eigenvalue weighted by Gasteiger charge is 2.12. The van der Waals surface area contributed by atoms with Crippen molar-refractivity contribution in [1.82, 2.24) is 9.80 Å². The van der Waals surface area contributed by atoms with Gasteiger partial charge in [0.15, 0.2) is 0 Å². The Morgan fingerprint density at radius 3 is 1.17 bits per heavy atom. The maximum atomic E-state index is 9.55. The van der Waals surface area contributed by atoms with Crippen molar-refractivity contribution in [2.45, 2.75) is 51.6 Å². The normalized spacial score (nSPS) is 16.4. The van der Waals surface area contributed by atoms with Gasteiger partial charge in [0.25, 0.3) is 0 Å². The van der Waals surface area contributed by atoms with Gasteiger partial charge >= 0.3 is 23.9 Å². The third-order valence-corrected chi connectivity index (χ3v) is 5.44. The van der Waals surface area contributed by atoms with Crippen molar-refractivity contribution < 1.29 is 39.6 Å². The lowest BCUT2D eigenvalue weighted by Crippen LogP contribution is -2.30. The van der Waals surface area contributed by atoms with Crippen molar-refractivity contribution in [3.05, 3.63) is 59.7 Å². The van der Waals surface area contributed by atoms with Gasteiger partial charge in [-0.15, -0.1) is 0 Å². The molecule has 4 N–H and O–H groups in total. The van der Waals surface area contributed by atoms with Gasteiger partial charge in [0.05, 0.1) is 0 Å². The Labute approximate surface area is 211 Å². The Morgan fingerprint density at radius 1 is 0.583 bits per heavy atom. The first-order valence-corrected chi connectivity index (χ1v) is 12.0. The third-order valence-electron chi connectivity index (χ3n) is 5.44. The summed E-state index contributed by atoms with van der Waals surface area (Å²) in [7, 11) is 0. The topological polar surface area (TPSA) is 156 Å². The van der Waals surface area contributed by atoms with E-state index >= 15 is 0 Å². The molecular weight excluding hydrogens is 468 g/mol. The van der Waals surface area contributed by atoms with E-state index in [0.29, 0.717) is 24.3 Å². The van der Waals surface area contributed by atoms with E-state index in [9.17, 15) is 19.2 Å². The van der Waals surface area contributed by atoms with Crippen molar-refractivity contribution in [2.75, 3.05) is 26.2 Å². The predicted molar refractivity (Wildman–Crippen MR) is 134 cm³/mol. The zero-order chi connectivity index (χ0) is 26.8. The van der Waals surface area contributed by atoms with Gasteiger partial charge < -0.3 is 20.4 Å². The van der Waals surface area contributed by atoms with E-state index in [-0.39, 0.29) is 0 Å². The van der Waals surface area contributed by atoms with Crippen LogP contribution in [0.2, 0.25) is 0 Å². The fourth-order valence-electron chi connectivity index (χ4n) is 3.86. The monoisotopic (exact) mass is 504 g/mol. The number of benzene rings is 1. The summed E-state index contributed by atoms with van der Waals surface area (Å²) in [5, 5.41) is 31.2. The summed E-state index contributed by atoms with van der Waals surface area (Å²) in [4.78, 5) is 43.4. The zero-order valence-electron chi connectivity index (χ0n) is 20.4. The highest BCUT2D eigenvalue weighted by atomic mass is 16.4. The van der Waals surface area contributed by atoms with Gasteiger partial charge in [-0.2, -0.15) is 0 Å². The van der Waals surface area contributed by atoms with E-state index in [4.69, 9.17) is 20.4 Å². The first kappa shape index (κ1) is 30.5. The number of rotatable bonds is 8. The van der Waals surface area contributed by atoms with Crippen molar-refractivity contribution in [2.24, 2.45) is 0 Å². The molecule has 0 spiro atoms. The maximum absolute atomic E-state index is 9.55. The molecule has 0 atom stereocenters. The van der Waals surface area contributed by atoms with Crippen LogP contribution in [0.5, 0.6) is 0 Å². The number of hydrogen-bond donors (Lipinski definition) is 4. The molecular formula is C26H36N2O8. The molecule has 198 valence electrons. The van der Waals surface area contributed by atoms with Crippen molar-refractivity contribution in [1.29, 1.82) is 0 Å². The molecule has 0 unspecified atom stereocenters. The van der Waals surface area contributed by atoms with Crippen LogP contribution in [-0.4, -0.2) is 80.3 Å². The third kappa shape index (κ3) is 16.2. The zero-order valence-corrected chi connectivity index (χ0v) is 20.4. The van der Waals surface area contributed by atoms with Crippen molar-refractivity contribution >= 4 is 23.9 Å². The number of likely N-dealkylation sites (tertiary alicyclic amines) is 2. The summed E-state index contributed by atoms with van der Waals surface area (Å²) in [6.07, 6.45) is 10.6. The van der Waals surface area contributed by atoms with Gasteiger partial charge in [-0.25, -0.2) is 19.2 Å². The van der Waals surface area contributed by atoms with Gasteiger partial charge in [-0.1, -0.05) is 37.1 Å². The quantitative estimate of drug-likeness (QED) is 0.388. The van der Waals surface area contributed by atoms with Gasteiger partial charge in [0, 0.05) is 37.4 Å². The Hall–Kier alpha value is -3.50. The highest BCUT2D eigenvalue weighted by molar-refractivity contribution is 5.90. The smallest absolute Gasteiger partial charge is 0.328 e. The SMILES string of the molecule is O=C(O)/C=C\C(=O)O.O=C(O)/C=C\C(=O)O.c1cc(CN2CCCCC2)cc(CN2CCCCC2)c1. The van der Waals surface area contributed by atoms with E-state index < -0.39 is 23.9 Å². The number of carbonyl (C=O) groups is 4. The number of carboxylic acid groups (broad SMARTS) is 4. The van der Waals surface area contributed by atoms with Crippen LogP contribution in [-0.2, 0) is 32.3 Å². The standard InChI is InChI=1S/C18H28N2.2C4H4O4/c1-3-10-19(11-4-1)15-17-8-7-9-18(14-17)16-20-12-5-2-6-13-20;2*5-3(6)1-2-4(7)8/h7-9,14H,1-6,10-13,15-16H2;2*1-2H,(H,5,6)(H,7,8)/b;2*2-1-. The van der Waals surface area contributed by atoms with E-state index in [0.717, 1.165) is 13.1 Å². The molecule has 1 aromatic carbocycles. The summed E-state index contributed by atoms with van der Waals surface area (Å²) in [6, 6.07) is 9.28. The molecule has 0 amide bonds. The number of piperidine rings is 2. The number of hydrogen-bond acceptors (Lipinski definition) is 6. The Balaban J connectivity index is 0.000000337. The molecule has 0 aromatic heterocycles. The molecule has 36 heavy (non-hydrogen) atoms. The first-order chi connectivity index (χ1) is 17.2. The summed E-state index contributed by atoms with van der Waals surface area (Å²) in [5.74, 6) is -5.03. The van der Waals surface area contributed by atoms with Gasteiger partial charge in [0.2, 0.25) is 0 Å². The summed E-state index contributed by atoms with van der Waals surface area (Å²) < 4.78 is 0. The molecule has 0 saturated carbocycles. The van der Waals surface area contributed by atoms with E-state index in [1.165, 1.54) is 75.8 Å². The van der Waals surface area contributed by atoms with Crippen LogP contribution in [0.15, 0.2) is 48.6 Å². The fourth-order valence-corrected chi connectivity index (χ4v) is 3.86. The lowest BCUT2D eigenvalue weighted by molar-refractivity contribution is -0.134. The molecule has 3 rings (SSSR count). The molecule has 2 fully saturated rings. The van der Waals surface area contributed by atoms with Crippen molar-refractivity contribution in [3.63, 3.8) is 0 Å². The molecule has 2 heterocycles. The lowest BCUT2D eigenvalue weighted by atomic mass is 10.1.